The van der Waals surface area contributed by atoms with Crippen LogP contribution in [0.1, 0.15) is 57.7 Å². The van der Waals surface area contributed by atoms with Crippen molar-refractivity contribution in [2.75, 3.05) is 19.6 Å². The molecule has 1 aromatic rings. The third kappa shape index (κ3) is 3.86. The Kier molecular flexibility index (Phi) is 4.96. The lowest BCUT2D eigenvalue weighted by Crippen LogP contribution is -2.41. The highest BCUT2D eigenvalue weighted by Crippen LogP contribution is 2.28. The topological polar surface area (TPSA) is 33.1 Å². The second-order valence-corrected chi connectivity index (χ2v) is 7.12. The van der Waals surface area contributed by atoms with Crippen LogP contribution in [0.3, 0.4) is 0 Å². The summed E-state index contributed by atoms with van der Waals surface area (Å²) in [5.74, 6) is 0.696. The largest absolute Gasteiger partial charge is 0.312 e. The van der Waals surface area contributed by atoms with Crippen LogP contribution in [-0.4, -0.2) is 40.4 Å². The van der Waals surface area contributed by atoms with E-state index in [0.29, 0.717) is 18.0 Å². The molecule has 1 aliphatic carbocycles. The lowest BCUT2D eigenvalue weighted by atomic mass is 10.0. The molecular formula is C17H30N4. The fourth-order valence-electron chi connectivity index (χ4n) is 3.68. The molecular weight excluding hydrogens is 260 g/mol. The van der Waals surface area contributed by atoms with E-state index >= 15 is 0 Å². The van der Waals surface area contributed by atoms with E-state index in [-0.39, 0.29) is 0 Å². The summed E-state index contributed by atoms with van der Waals surface area (Å²) in [6, 6.07) is 3.50. The average Bonchev–Trinajstić information content (AvgIpc) is 3.07. The quantitative estimate of drug-likeness (QED) is 0.925. The Morgan fingerprint density at radius 1 is 1.29 bits per heavy atom. The summed E-state index contributed by atoms with van der Waals surface area (Å²) < 4.78 is 2.22. The number of aromatic nitrogens is 2. The molecule has 4 nitrogen and oxygen atoms in total. The molecule has 2 aliphatic rings. The van der Waals surface area contributed by atoms with Gasteiger partial charge in [-0.05, 0) is 44.3 Å². The molecule has 3 rings (SSSR count). The SMILES string of the molecule is CC(C)C1CN(Cc2ccn(C3CCCC3)n2)CCCN1. The van der Waals surface area contributed by atoms with Crippen LogP contribution < -0.4 is 5.32 Å². The van der Waals surface area contributed by atoms with Crippen LogP contribution in [0.5, 0.6) is 0 Å². The van der Waals surface area contributed by atoms with Gasteiger partial charge in [0, 0.05) is 25.3 Å². The molecule has 1 saturated carbocycles. The van der Waals surface area contributed by atoms with Gasteiger partial charge in [0.15, 0.2) is 0 Å². The molecule has 118 valence electrons. The van der Waals surface area contributed by atoms with Crippen LogP contribution in [0.2, 0.25) is 0 Å². The van der Waals surface area contributed by atoms with Gasteiger partial charge in [0.2, 0.25) is 0 Å². The highest BCUT2D eigenvalue weighted by molar-refractivity contribution is 5.01. The van der Waals surface area contributed by atoms with Crippen molar-refractivity contribution in [2.24, 2.45) is 5.92 Å². The molecule has 1 aliphatic heterocycles. The van der Waals surface area contributed by atoms with Crippen LogP contribution in [0.25, 0.3) is 0 Å². The zero-order valence-corrected chi connectivity index (χ0v) is 13.6. The molecule has 1 saturated heterocycles. The average molecular weight is 290 g/mol. The van der Waals surface area contributed by atoms with Crippen LogP contribution in [0, 0.1) is 5.92 Å². The monoisotopic (exact) mass is 290 g/mol. The molecule has 2 heterocycles. The Morgan fingerprint density at radius 3 is 2.86 bits per heavy atom. The zero-order chi connectivity index (χ0) is 14.7. The number of rotatable bonds is 4. The van der Waals surface area contributed by atoms with Gasteiger partial charge in [-0.15, -0.1) is 0 Å². The zero-order valence-electron chi connectivity index (χ0n) is 13.6. The summed E-state index contributed by atoms with van der Waals surface area (Å²) >= 11 is 0. The lowest BCUT2D eigenvalue weighted by Gasteiger charge is -2.26. The van der Waals surface area contributed by atoms with Gasteiger partial charge < -0.3 is 5.32 Å². The molecule has 1 N–H and O–H groups in total. The first-order valence-corrected chi connectivity index (χ1v) is 8.72. The van der Waals surface area contributed by atoms with E-state index < -0.39 is 0 Å². The first kappa shape index (κ1) is 15.0. The number of hydrogen-bond acceptors (Lipinski definition) is 3. The lowest BCUT2D eigenvalue weighted by molar-refractivity contribution is 0.235. The summed E-state index contributed by atoms with van der Waals surface area (Å²) in [6.45, 7) is 9.12. The molecule has 0 spiro atoms. The third-order valence-corrected chi connectivity index (χ3v) is 5.07. The smallest absolute Gasteiger partial charge is 0.0764 e. The molecule has 0 amide bonds. The van der Waals surface area contributed by atoms with E-state index in [0.717, 1.165) is 19.6 Å². The van der Waals surface area contributed by atoms with Crippen molar-refractivity contribution in [3.63, 3.8) is 0 Å². The molecule has 0 radical (unpaired) electrons. The molecule has 0 aromatic carbocycles. The molecule has 4 heteroatoms. The van der Waals surface area contributed by atoms with Crippen LogP contribution in [0.4, 0.5) is 0 Å². The molecule has 1 unspecified atom stereocenters. The van der Waals surface area contributed by atoms with Crippen LogP contribution >= 0.6 is 0 Å². The number of nitrogens with zero attached hydrogens (tertiary/aromatic N) is 3. The molecule has 1 aromatic heterocycles. The predicted molar refractivity (Wildman–Crippen MR) is 86.3 cm³/mol. The predicted octanol–water partition coefficient (Wildman–Crippen LogP) is 2.82. The maximum atomic E-state index is 4.84. The highest BCUT2D eigenvalue weighted by atomic mass is 15.3. The second-order valence-electron chi connectivity index (χ2n) is 7.12. The van der Waals surface area contributed by atoms with Gasteiger partial charge in [-0.3, -0.25) is 9.58 Å². The van der Waals surface area contributed by atoms with E-state index in [1.807, 2.05) is 0 Å². The van der Waals surface area contributed by atoms with E-state index in [9.17, 15) is 0 Å². The van der Waals surface area contributed by atoms with Gasteiger partial charge in [0.25, 0.3) is 0 Å². The van der Waals surface area contributed by atoms with Gasteiger partial charge >= 0.3 is 0 Å². The van der Waals surface area contributed by atoms with Gasteiger partial charge in [-0.1, -0.05) is 26.7 Å². The summed E-state index contributed by atoms with van der Waals surface area (Å²) in [5.41, 5.74) is 1.24. The van der Waals surface area contributed by atoms with E-state index in [4.69, 9.17) is 5.10 Å². The molecule has 0 bridgehead atoms. The highest BCUT2D eigenvalue weighted by Gasteiger charge is 2.22. The van der Waals surface area contributed by atoms with E-state index in [2.05, 4.69) is 41.0 Å². The summed E-state index contributed by atoms with van der Waals surface area (Å²) in [5, 5.41) is 8.52. The van der Waals surface area contributed by atoms with Gasteiger partial charge in [-0.2, -0.15) is 5.10 Å². The molecule has 2 fully saturated rings. The normalized spacial score (nSPS) is 25.6. The van der Waals surface area contributed by atoms with Crippen molar-refractivity contribution in [3.8, 4) is 0 Å². The van der Waals surface area contributed by atoms with Crippen LogP contribution in [0.15, 0.2) is 12.3 Å². The van der Waals surface area contributed by atoms with E-state index in [1.54, 1.807) is 0 Å². The van der Waals surface area contributed by atoms with Crippen molar-refractivity contribution >= 4 is 0 Å². The minimum absolute atomic E-state index is 0.615. The first-order valence-electron chi connectivity index (χ1n) is 8.72. The van der Waals surface area contributed by atoms with Crippen molar-refractivity contribution in [1.29, 1.82) is 0 Å². The van der Waals surface area contributed by atoms with Crippen molar-refractivity contribution in [3.05, 3.63) is 18.0 Å². The Morgan fingerprint density at radius 2 is 2.10 bits per heavy atom. The first-order chi connectivity index (χ1) is 10.2. The standard InChI is InChI=1S/C17H30N4/c1-14(2)17-13-20(10-5-9-18-17)12-15-8-11-21(19-15)16-6-3-4-7-16/h8,11,14,16-18H,3-7,9-10,12-13H2,1-2H3. The number of hydrogen-bond donors (Lipinski definition) is 1. The van der Waals surface area contributed by atoms with Gasteiger partial charge in [0.05, 0.1) is 11.7 Å². The molecule has 1 atom stereocenters. The Hall–Kier alpha value is -0.870. The van der Waals surface area contributed by atoms with Gasteiger partial charge in [-0.25, -0.2) is 0 Å². The minimum Gasteiger partial charge on any atom is -0.312 e. The fourth-order valence-corrected chi connectivity index (χ4v) is 3.68. The summed E-state index contributed by atoms with van der Waals surface area (Å²) in [7, 11) is 0. The van der Waals surface area contributed by atoms with Crippen molar-refractivity contribution < 1.29 is 0 Å². The number of nitrogens with one attached hydrogen (secondary N) is 1. The van der Waals surface area contributed by atoms with Crippen molar-refractivity contribution in [1.82, 2.24) is 20.0 Å². The Labute approximate surface area is 128 Å². The second kappa shape index (κ2) is 6.93. The fraction of sp³-hybridized carbons (Fsp3) is 0.824. The van der Waals surface area contributed by atoms with Gasteiger partial charge in [0.1, 0.15) is 0 Å². The molecule has 21 heavy (non-hydrogen) atoms. The van der Waals surface area contributed by atoms with Crippen molar-refractivity contribution in [2.45, 2.75) is 64.6 Å². The van der Waals surface area contributed by atoms with Crippen LogP contribution in [-0.2, 0) is 6.54 Å². The summed E-state index contributed by atoms with van der Waals surface area (Å²) in [6.07, 6.45) is 8.80. The summed E-state index contributed by atoms with van der Waals surface area (Å²) in [4.78, 5) is 2.58. The maximum absolute atomic E-state index is 4.84. The minimum atomic E-state index is 0.615. The Balaban J connectivity index is 1.59. The Bertz CT molecular complexity index is 434. The van der Waals surface area contributed by atoms with E-state index in [1.165, 1.54) is 44.3 Å². The maximum Gasteiger partial charge on any atom is 0.0764 e. The third-order valence-electron chi connectivity index (χ3n) is 5.07.